The zero-order valence-electron chi connectivity index (χ0n) is 6.48. The molecule has 0 unspecified atom stereocenters. The average molecular weight is 259 g/mol. The van der Waals surface area contributed by atoms with Crippen LogP contribution < -0.4 is 0 Å². The van der Waals surface area contributed by atoms with E-state index in [-0.39, 0.29) is 51.4 Å². The summed E-state index contributed by atoms with van der Waals surface area (Å²) in [6.45, 7) is 0. The molecule has 0 rings (SSSR count). The SMILES string of the molecule is FC(F)C(F)(F)C(F)(F)C(F)(F)F.[K]. The van der Waals surface area contributed by atoms with Crippen molar-refractivity contribution in [3.05, 3.63) is 0 Å². The van der Waals surface area contributed by atoms with Crippen LogP contribution in [0.2, 0.25) is 0 Å². The molecule has 0 fully saturated rings. The van der Waals surface area contributed by atoms with Gasteiger partial charge in [-0.25, -0.2) is 8.78 Å². The molecule has 0 N–H and O–H groups in total. The number of hydrogen-bond acceptors (Lipinski definition) is 0. The zero-order chi connectivity index (χ0) is 11.1. The molecule has 0 amide bonds. The van der Waals surface area contributed by atoms with Crippen LogP contribution in [0.25, 0.3) is 0 Å². The summed E-state index contributed by atoms with van der Waals surface area (Å²) in [5.74, 6) is -13.1. The molecule has 0 aliphatic carbocycles. The quantitative estimate of drug-likeness (QED) is 0.528. The second-order valence-corrected chi connectivity index (χ2v) is 2.00. The number of rotatable bonds is 2. The van der Waals surface area contributed by atoms with Gasteiger partial charge in [-0.1, -0.05) is 0 Å². The van der Waals surface area contributed by atoms with Gasteiger partial charge in [0.25, 0.3) is 0 Å². The third-order valence-electron chi connectivity index (χ3n) is 1.05. The summed E-state index contributed by atoms with van der Waals surface area (Å²) in [5, 5.41) is 0. The van der Waals surface area contributed by atoms with Crippen molar-refractivity contribution in [2.45, 2.75) is 24.4 Å². The molecule has 0 saturated carbocycles. The third-order valence-corrected chi connectivity index (χ3v) is 1.05. The van der Waals surface area contributed by atoms with E-state index in [1.165, 1.54) is 0 Å². The molecule has 10 heteroatoms. The number of halogens is 9. The Morgan fingerprint density at radius 2 is 1.00 bits per heavy atom. The largest absolute Gasteiger partial charge is 0.460 e. The topological polar surface area (TPSA) is 0 Å². The molecule has 0 atom stereocenters. The Kier molecular flexibility index (Phi) is 6.08. The Morgan fingerprint density at radius 3 is 1.07 bits per heavy atom. The maximum absolute atomic E-state index is 11.6. The molecule has 1 radical (unpaired) electrons. The van der Waals surface area contributed by atoms with Gasteiger partial charge >= 0.3 is 24.4 Å². The van der Waals surface area contributed by atoms with Gasteiger partial charge in [-0.15, -0.1) is 0 Å². The van der Waals surface area contributed by atoms with E-state index in [1.54, 1.807) is 0 Å². The molecule has 14 heavy (non-hydrogen) atoms. The Labute approximate surface area is 114 Å². The summed E-state index contributed by atoms with van der Waals surface area (Å²) >= 11 is 0. The van der Waals surface area contributed by atoms with Crippen LogP contribution in [0.5, 0.6) is 0 Å². The van der Waals surface area contributed by atoms with E-state index in [0.717, 1.165) is 0 Å². The first-order valence-electron chi connectivity index (χ1n) is 2.55. The van der Waals surface area contributed by atoms with Gasteiger partial charge < -0.3 is 0 Å². The fourth-order valence-electron chi connectivity index (χ4n) is 0.326. The van der Waals surface area contributed by atoms with E-state index in [0.29, 0.717) is 0 Å². The first kappa shape index (κ1) is 17.4. The summed E-state index contributed by atoms with van der Waals surface area (Å²) < 4.78 is 102. The van der Waals surface area contributed by atoms with Crippen molar-refractivity contribution in [1.29, 1.82) is 0 Å². The van der Waals surface area contributed by atoms with Gasteiger partial charge in [-0.2, -0.15) is 30.7 Å². The Hall–Kier alpha value is 1.01. The fraction of sp³-hybridized carbons (Fsp3) is 1.00. The van der Waals surface area contributed by atoms with Gasteiger partial charge in [0.15, 0.2) is 0 Å². The molecule has 0 saturated heterocycles. The molecular weight excluding hydrogens is 258 g/mol. The molecule has 0 aromatic heterocycles. The van der Waals surface area contributed by atoms with Gasteiger partial charge in [-0.05, 0) is 0 Å². The van der Waals surface area contributed by atoms with Crippen LogP contribution in [-0.2, 0) is 0 Å². The smallest absolute Gasteiger partial charge is 0.203 e. The normalized spacial score (nSPS) is 14.1. The van der Waals surface area contributed by atoms with Gasteiger partial charge in [0, 0.05) is 51.4 Å². The van der Waals surface area contributed by atoms with Crippen molar-refractivity contribution in [3.8, 4) is 0 Å². The summed E-state index contributed by atoms with van der Waals surface area (Å²) in [7, 11) is 0. The maximum atomic E-state index is 11.6. The number of alkyl halides is 9. The second-order valence-electron chi connectivity index (χ2n) is 2.00. The predicted molar refractivity (Wildman–Crippen MR) is 27.7 cm³/mol. The molecule has 0 aromatic rings. The molecular formula is C4HF9K. The van der Waals surface area contributed by atoms with E-state index < -0.39 is 24.4 Å². The van der Waals surface area contributed by atoms with Crippen LogP contribution in [0, 0.1) is 0 Å². The van der Waals surface area contributed by atoms with Gasteiger partial charge in [0.05, 0.1) is 0 Å². The molecule has 81 valence electrons. The van der Waals surface area contributed by atoms with E-state index in [4.69, 9.17) is 0 Å². The minimum Gasteiger partial charge on any atom is -0.203 e. The molecule has 0 aliphatic heterocycles. The summed E-state index contributed by atoms with van der Waals surface area (Å²) in [6.07, 6.45) is -11.8. The summed E-state index contributed by atoms with van der Waals surface area (Å²) in [4.78, 5) is 0. The molecule has 0 spiro atoms. The Morgan fingerprint density at radius 1 is 0.714 bits per heavy atom. The van der Waals surface area contributed by atoms with Gasteiger partial charge in [0.2, 0.25) is 0 Å². The summed E-state index contributed by atoms with van der Waals surface area (Å²) in [5.41, 5.74) is 0. The van der Waals surface area contributed by atoms with Crippen LogP contribution in [0.4, 0.5) is 39.5 Å². The standard InChI is InChI=1S/C4HF9.K/c5-1(6)2(7,8)3(9,10)4(11,12)13;/h1H;. The van der Waals surface area contributed by atoms with Crippen LogP contribution in [0.15, 0.2) is 0 Å². The van der Waals surface area contributed by atoms with Crippen molar-refractivity contribution in [2.24, 2.45) is 0 Å². The second kappa shape index (κ2) is 4.89. The van der Waals surface area contributed by atoms with Crippen molar-refractivity contribution in [2.75, 3.05) is 0 Å². The zero-order valence-corrected chi connectivity index (χ0v) is 9.60. The first-order chi connectivity index (χ1) is 5.44. The van der Waals surface area contributed by atoms with Crippen molar-refractivity contribution < 1.29 is 39.5 Å². The summed E-state index contributed by atoms with van der Waals surface area (Å²) in [6, 6.07) is 0. The minimum atomic E-state index is -6.73. The van der Waals surface area contributed by atoms with Crippen molar-refractivity contribution in [1.82, 2.24) is 0 Å². The van der Waals surface area contributed by atoms with Crippen molar-refractivity contribution in [3.63, 3.8) is 0 Å². The molecule has 0 bridgehead atoms. The Bertz CT molecular complexity index is 182. The van der Waals surface area contributed by atoms with Crippen LogP contribution in [0.1, 0.15) is 0 Å². The first-order valence-corrected chi connectivity index (χ1v) is 2.55. The monoisotopic (exact) mass is 259 g/mol. The van der Waals surface area contributed by atoms with Crippen molar-refractivity contribution >= 4 is 51.4 Å². The minimum absolute atomic E-state index is 0. The van der Waals surface area contributed by atoms with E-state index in [9.17, 15) is 39.5 Å². The van der Waals surface area contributed by atoms with Crippen LogP contribution in [-0.4, -0.2) is 75.8 Å². The van der Waals surface area contributed by atoms with E-state index in [1.807, 2.05) is 0 Å². The van der Waals surface area contributed by atoms with E-state index in [2.05, 4.69) is 0 Å². The average Bonchev–Trinajstić information content (AvgIpc) is 1.84. The van der Waals surface area contributed by atoms with Gasteiger partial charge in [0.1, 0.15) is 0 Å². The molecule has 0 aliphatic rings. The fourth-order valence-corrected chi connectivity index (χ4v) is 0.326. The van der Waals surface area contributed by atoms with Gasteiger partial charge in [-0.3, -0.25) is 0 Å². The maximum Gasteiger partial charge on any atom is 0.460 e. The molecule has 0 heterocycles. The molecule has 0 aromatic carbocycles. The molecule has 0 nitrogen and oxygen atoms in total. The predicted octanol–water partition coefficient (Wildman–Crippen LogP) is 2.70. The Balaban J connectivity index is 0. The third kappa shape index (κ3) is 3.00. The van der Waals surface area contributed by atoms with Crippen LogP contribution in [0.3, 0.4) is 0 Å². The van der Waals surface area contributed by atoms with Crippen LogP contribution >= 0.6 is 0 Å². The van der Waals surface area contributed by atoms with E-state index >= 15 is 0 Å². The number of hydrogen-bond donors (Lipinski definition) is 0.